The van der Waals surface area contributed by atoms with Crippen LogP contribution in [0.3, 0.4) is 0 Å². The van der Waals surface area contributed by atoms with Crippen LogP contribution in [-0.2, 0) is 16.6 Å². The van der Waals surface area contributed by atoms with Gasteiger partial charge in [0.1, 0.15) is 11.6 Å². The molecule has 0 aliphatic heterocycles. The highest BCUT2D eigenvalue weighted by Gasteiger charge is 2.22. The molecule has 1 N–H and O–H groups in total. The molecule has 2 rings (SSSR count). The molecule has 0 aliphatic carbocycles. The highest BCUT2D eigenvalue weighted by atomic mass is 16.5. The average molecular weight is 291 g/mol. The summed E-state index contributed by atoms with van der Waals surface area (Å²) < 4.78 is 6.75. The Balaban J connectivity index is 2.25. The van der Waals surface area contributed by atoms with Crippen molar-refractivity contribution in [1.82, 2.24) is 19.7 Å². The zero-order valence-corrected chi connectivity index (χ0v) is 13.0. The number of carbonyl (C=O) groups is 1. The van der Waals surface area contributed by atoms with Crippen molar-refractivity contribution < 1.29 is 9.53 Å². The van der Waals surface area contributed by atoms with E-state index in [9.17, 15) is 4.79 Å². The van der Waals surface area contributed by atoms with Gasteiger partial charge in [-0.15, -0.1) is 0 Å². The topological polar surface area (TPSA) is 81.9 Å². The molecule has 114 valence electrons. The zero-order valence-electron chi connectivity index (χ0n) is 13.0. The largest absolute Gasteiger partial charge is 0.466 e. The van der Waals surface area contributed by atoms with E-state index in [0.29, 0.717) is 18.2 Å². The van der Waals surface area contributed by atoms with Crippen LogP contribution in [0, 0.1) is 12.8 Å². The molecule has 0 fully saturated rings. The third kappa shape index (κ3) is 3.12. The molecule has 0 unspecified atom stereocenters. The first-order valence-corrected chi connectivity index (χ1v) is 7.03. The van der Waals surface area contributed by atoms with E-state index in [0.717, 1.165) is 11.0 Å². The smallest absolute Gasteiger partial charge is 0.310 e. The number of hydrogen-bond acceptors (Lipinski definition) is 6. The summed E-state index contributed by atoms with van der Waals surface area (Å²) >= 11 is 0. The summed E-state index contributed by atoms with van der Waals surface area (Å²) in [6.07, 6.45) is 1.72. The van der Waals surface area contributed by atoms with Gasteiger partial charge >= 0.3 is 5.97 Å². The average Bonchev–Trinajstić information content (AvgIpc) is 2.80. The van der Waals surface area contributed by atoms with Crippen LogP contribution in [0.5, 0.6) is 0 Å². The van der Waals surface area contributed by atoms with Gasteiger partial charge in [0, 0.05) is 13.1 Å². The van der Waals surface area contributed by atoms with Gasteiger partial charge in [-0.25, -0.2) is 9.97 Å². The summed E-state index contributed by atoms with van der Waals surface area (Å²) in [6.45, 7) is 7.79. The lowest BCUT2D eigenvalue weighted by Gasteiger charge is -2.20. The number of nitrogens with one attached hydrogen (secondary N) is 1. The van der Waals surface area contributed by atoms with Gasteiger partial charge in [-0.1, -0.05) is 0 Å². The maximum atomic E-state index is 11.8. The number of ether oxygens (including phenoxy) is 1. The Morgan fingerprint density at radius 1 is 1.43 bits per heavy atom. The van der Waals surface area contributed by atoms with Gasteiger partial charge in [0.25, 0.3) is 0 Å². The minimum Gasteiger partial charge on any atom is -0.466 e. The van der Waals surface area contributed by atoms with Crippen LogP contribution in [0.1, 0.15) is 26.6 Å². The van der Waals surface area contributed by atoms with E-state index in [4.69, 9.17) is 4.74 Å². The number of anilines is 1. The fourth-order valence-electron chi connectivity index (χ4n) is 2.06. The van der Waals surface area contributed by atoms with E-state index < -0.39 is 0 Å². The van der Waals surface area contributed by atoms with Crippen molar-refractivity contribution in [2.45, 2.75) is 33.7 Å². The van der Waals surface area contributed by atoms with Crippen LogP contribution < -0.4 is 5.32 Å². The molecule has 0 saturated carbocycles. The fraction of sp³-hybridized carbons (Fsp3) is 0.571. The number of rotatable bonds is 5. The quantitative estimate of drug-likeness (QED) is 0.844. The lowest BCUT2D eigenvalue weighted by atomic mass is 10.0. The van der Waals surface area contributed by atoms with Crippen molar-refractivity contribution in [3.8, 4) is 0 Å². The number of hydrogen-bond donors (Lipinski definition) is 1. The van der Waals surface area contributed by atoms with Crippen molar-refractivity contribution in [3.63, 3.8) is 0 Å². The van der Waals surface area contributed by atoms with Crippen molar-refractivity contribution >= 4 is 22.8 Å². The monoisotopic (exact) mass is 291 g/mol. The Hall–Kier alpha value is -2.18. The maximum absolute atomic E-state index is 11.8. The number of aromatic nitrogens is 4. The standard InChI is InChI=1S/C14H21N5O2/c1-6-21-14(20)8(2)9(3)16-12-11-7-15-19(5)13(11)18-10(4)17-12/h7-9H,6H2,1-5H3,(H,16,17,18)/t8-,9+/m1/s1. The first kappa shape index (κ1) is 15.2. The molecule has 0 bridgehead atoms. The summed E-state index contributed by atoms with van der Waals surface area (Å²) in [4.78, 5) is 20.6. The molecule has 0 spiro atoms. The molecule has 21 heavy (non-hydrogen) atoms. The molecule has 0 aromatic carbocycles. The number of aryl methyl sites for hydroxylation is 2. The summed E-state index contributed by atoms with van der Waals surface area (Å²) in [7, 11) is 1.84. The predicted molar refractivity (Wildman–Crippen MR) is 79.9 cm³/mol. The van der Waals surface area contributed by atoms with Crippen LogP contribution in [0.4, 0.5) is 5.82 Å². The zero-order chi connectivity index (χ0) is 15.6. The normalized spacial score (nSPS) is 14.0. The number of fused-ring (bicyclic) bond motifs is 1. The second-order valence-electron chi connectivity index (χ2n) is 5.10. The molecule has 2 aromatic rings. The fourth-order valence-corrected chi connectivity index (χ4v) is 2.06. The third-order valence-corrected chi connectivity index (χ3v) is 3.48. The van der Waals surface area contributed by atoms with Crippen LogP contribution in [-0.4, -0.2) is 38.4 Å². The van der Waals surface area contributed by atoms with E-state index in [-0.39, 0.29) is 17.9 Å². The van der Waals surface area contributed by atoms with Gasteiger partial charge in [-0.05, 0) is 27.7 Å². The Kier molecular flexibility index (Phi) is 4.40. The molecule has 2 aromatic heterocycles. The predicted octanol–water partition coefficient (Wildman–Crippen LogP) is 1.67. The van der Waals surface area contributed by atoms with Crippen molar-refractivity contribution in [2.24, 2.45) is 13.0 Å². The first-order chi connectivity index (χ1) is 9.93. The second-order valence-corrected chi connectivity index (χ2v) is 5.10. The van der Waals surface area contributed by atoms with Crippen LogP contribution in [0.25, 0.3) is 11.0 Å². The molecule has 7 heteroatoms. The maximum Gasteiger partial charge on any atom is 0.310 e. The van der Waals surface area contributed by atoms with E-state index in [1.807, 2.05) is 27.8 Å². The van der Waals surface area contributed by atoms with Gasteiger partial charge in [0.2, 0.25) is 0 Å². The van der Waals surface area contributed by atoms with E-state index in [1.54, 1.807) is 17.8 Å². The van der Waals surface area contributed by atoms with Crippen LogP contribution in [0.15, 0.2) is 6.20 Å². The molecule has 0 amide bonds. The molecule has 2 heterocycles. The molecule has 0 saturated heterocycles. The van der Waals surface area contributed by atoms with Gasteiger partial charge in [-0.3, -0.25) is 9.48 Å². The molecule has 0 aliphatic rings. The van der Waals surface area contributed by atoms with Crippen molar-refractivity contribution in [1.29, 1.82) is 0 Å². The van der Waals surface area contributed by atoms with Gasteiger partial charge < -0.3 is 10.1 Å². The van der Waals surface area contributed by atoms with Gasteiger partial charge in [0.15, 0.2) is 5.65 Å². The Labute approximate surface area is 123 Å². The Morgan fingerprint density at radius 3 is 2.81 bits per heavy atom. The van der Waals surface area contributed by atoms with E-state index in [1.165, 1.54) is 0 Å². The summed E-state index contributed by atoms with van der Waals surface area (Å²) in [5, 5.41) is 8.31. The first-order valence-electron chi connectivity index (χ1n) is 7.03. The number of carbonyl (C=O) groups excluding carboxylic acids is 1. The van der Waals surface area contributed by atoms with Crippen LogP contribution >= 0.6 is 0 Å². The van der Waals surface area contributed by atoms with E-state index >= 15 is 0 Å². The molecule has 7 nitrogen and oxygen atoms in total. The highest BCUT2D eigenvalue weighted by molar-refractivity contribution is 5.86. The van der Waals surface area contributed by atoms with Crippen molar-refractivity contribution in [2.75, 3.05) is 11.9 Å². The lowest BCUT2D eigenvalue weighted by molar-refractivity contribution is -0.147. The Morgan fingerprint density at radius 2 is 2.14 bits per heavy atom. The number of nitrogens with zero attached hydrogens (tertiary/aromatic N) is 4. The van der Waals surface area contributed by atoms with E-state index in [2.05, 4.69) is 20.4 Å². The van der Waals surface area contributed by atoms with Gasteiger partial charge in [0.05, 0.1) is 24.1 Å². The minimum atomic E-state index is -0.271. The van der Waals surface area contributed by atoms with Crippen LogP contribution in [0.2, 0.25) is 0 Å². The Bertz CT molecular complexity index is 652. The summed E-state index contributed by atoms with van der Waals surface area (Å²) in [6, 6.07) is -0.109. The molecular weight excluding hydrogens is 270 g/mol. The summed E-state index contributed by atoms with van der Waals surface area (Å²) in [5.41, 5.74) is 0.765. The highest BCUT2D eigenvalue weighted by Crippen LogP contribution is 2.21. The second kappa shape index (κ2) is 6.07. The van der Waals surface area contributed by atoms with Crippen molar-refractivity contribution in [3.05, 3.63) is 12.0 Å². The molecule has 0 radical (unpaired) electrons. The molecule has 2 atom stereocenters. The third-order valence-electron chi connectivity index (χ3n) is 3.48. The minimum absolute atomic E-state index is 0.109. The summed E-state index contributed by atoms with van der Waals surface area (Å²) in [5.74, 6) is 0.858. The SMILES string of the molecule is CCOC(=O)[C@H](C)[C@H](C)Nc1nc(C)nc2c1cnn2C. The number of esters is 1. The lowest BCUT2D eigenvalue weighted by Crippen LogP contribution is -2.31. The molecular formula is C14H21N5O2. The van der Waals surface area contributed by atoms with Gasteiger partial charge in [-0.2, -0.15) is 5.10 Å².